The molecule has 18 heteroatoms. The molecule has 2 aromatic heterocycles. The van der Waals surface area contributed by atoms with Gasteiger partial charge >= 0.3 is 19.0 Å². The van der Waals surface area contributed by atoms with Gasteiger partial charge in [-0.3, -0.25) is 33.2 Å². The van der Waals surface area contributed by atoms with Gasteiger partial charge in [-0.2, -0.15) is 0 Å². The van der Waals surface area contributed by atoms with E-state index in [0.29, 0.717) is 11.1 Å². The van der Waals surface area contributed by atoms with Gasteiger partial charge in [0.1, 0.15) is 30.8 Å². The molecule has 0 amide bonds. The van der Waals surface area contributed by atoms with Crippen molar-refractivity contribution in [2.24, 2.45) is 0 Å². The summed E-state index contributed by atoms with van der Waals surface area (Å²) in [5.41, 5.74) is 1.06. The van der Waals surface area contributed by atoms with Gasteiger partial charge in [-0.1, -0.05) is 108 Å². The normalized spacial score (nSPS) is 23.1. The van der Waals surface area contributed by atoms with Gasteiger partial charge in [0.25, 0.3) is 19.4 Å². The average Bonchev–Trinajstić information content (AvgIpc) is 3.80. The first-order valence-electron chi connectivity index (χ1n) is 20.7. The molecule has 2 N–H and O–H groups in total. The lowest BCUT2D eigenvalue weighted by molar-refractivity contribution is -0.0406. The number of nitrogens with one attached hydrogen (secondary N) is 2. The number of aromatic amines is 2. The third-order valence-corrected chi connectivity index (χ3v) is 23.2. The molecule has 2 fully saturated rings. The van der Waals surface area contributed by atoms with Crippen LogP contribution in [0.1, 0.15) is 78.0 Å². The molecule has 0 bridgehead atoms. The smallest absolute Gasteiger partial charge is 0.405 e. The Kier molecular flexibility index (Phi) is 13.8. The largest absolute Gasteiger partial charge is 0.414 e. The number of hydrogen-bond acceptors (Lipinski definition) is 11. The molecule has 0 aliphatic carbocycles. The lowest BCUT2D eigenvalue weighted by Gasteiger charge is -2.45. The van der Waals surface area contributed by atoms with Crippen LogP contribution in [-0.4, -0.2) is 73.9 Å². The maximum Gasteiger partial charge on any atom is 0.405 e. The van der Waals surface area contributed by atoms with Crippen LogP contribution < -0.4 is 32.9 Å². The molecule has 6 rings (SSSR count). The maximum atomic E-state index is 14.7. The molecule has 0 radical (unpaired) electrons. The highest BCUT2D eigenvalue weighted by Gasteiger charge is 2.54. The molecule has 4 heterocycles. The van der Waals surface area contributed by atoms with E-state index in [1.54, 1.807) is 13.8 Å². The van der Waals surface area contributed by atoms with Crippen LogP contribution in [0.3, 0.4) is 0 Å². The lowest BCUT2D eigenvalue weighted by atomic mass is 10.2. The van der Waals surface area contributed by atoms with Crippen LogP contribution in [0.2, 0.25) is 23.2 Å². The number of aromatic nitrogens is 4. The molecule has 2 aliphatic rings. The number of benzene rings is 2. The molecule has 0 spiro atoms. The van der Waals surface area contributed by atoms with E-state index in [1.807, 2.05) is 36.4 Å². The van der Waals surface area contributed by atoms with E-state index in [1.165, 1.54) is 28.6 Å². The minimum Gasteiger partial charge on any atom is -0.414 e. The SMILES string of the molecule is COP(=O)(C#C[C@H]1O[C@@H](n2cc(C)c(=O)[nH]c2=O)C[C@@H]1O[Si](c1ccccc1)(c1ccccc1)C(C)(C)C)O[C@H]1C[C@H](n2cc(C)c(=O)[nH]c2=O)O[C@@H]1CO[Si](C)(C)C(C)(C)C. The van der Waals surface area contributed by atoms with Crippen LogP contribution in [0, 0.1) is 25.4 Å². The summed E-state index contributed by atoms with van der Waals surface area (Å²) in [6.07, 6.45) is -2.27. The van der Waals surface area contributed by atoms with Gasteiger partial charge in [-0.15, -0.1) is 0 Å². The Hall–Kier alpha value is -4.22. The van der Waals surface area contributed by atoms with Crippen molar-refractivity contribution in [1.82, 2.24) is 19.1 Å². The summed E-state index contributed by atoms with van der Waals surface area (Å²) in [5.74, 6) is 3.04. The quantitative estimate of drug-likeness (QED) is 0.105. The Morgan fingerprint density at radius 1 is 0.758 bits per heavy atom. The lowest BCUT2D eigenvalue weighted by Crippen LogP contribution is -2.68. The van der Waals surface area contributed by atoms with E-state index in [0.717, 1.165) is 10.4 Å². The van der Waals surface area contributed by atoms with Gasteiger partial charge < -0.3 is 22.8 Å². The molecule has 15 nitrogen and oxygen atoms in total. The zero-order valence-electron chi connectivity index (χ0n) is 37.3. The summed E-state index contributed by atoms with van der Waals surface area (Å²) < 4.78 is 56.1. The first-order chi connectivity index (χ1) is 29.0. The van der Waals surface area contributed by atoms with E-state index < -0.39 is 88.6 Å². The van der Waals surface area contributed by atoms with Crippen LogP contribution >= 0.6 is 7.60 Å². The maximum absolute atomic E-state index is 14.7. The van der Waals surface area contributed by atoms with Crippen molar-refractivity contribution in [3.8, 4) is 11.6 Å². The minimum atomic E-state index is -4.30. The third kappa shape index (κ3) is 9.79. The van der Waals surface area contributed by atoms with Crippen LogP contribution in [0.5, 0.6) is 0 Å². The molecule has 62 heavy (non-hydrogen) atoms. The van der Waals surface area contributed by atoms with Crippen LogP contribution in [0.4, 0.5) is 0 Å². The second kappa shape index (κ2) is 18.1. The summed E-state index contributed by atoms with van der Waals surface area (Å²) in [7, 11) is -8.61. The molecule has 7 atom stereocenters. The Balaban J connectivity index is 1.40. The van der Waals surface area contributed by atoms with Crippen LogP contribution in [0.25, 0.3) is 0 Å². The number of H-pyrrole nitrogens is 2. The van der Waals surface area contributed by atoms with Crippen LogP contribution in [0.15, 0.2) is 92.2 Å². The Labute approximate surface area is 363 Å². The fraction of sp³-hybridized carbons (Fsp3) is 0.500. The van der Waals surface area contributed by atoms with Gasteiger partial charge in [0.05, 0.1) is 12.7 Å². The molecule has 2 aromatic carbocycles. The molecule has 2 aliphatic heterocycles. The first-order valence-corrected chi connectivity index (χ1v) is 27.1. The number of aryl methyl sites for hydroxylation is 2. The van der Waals surface area contributed by atoms with E-state index in [-0.39, 0.29) is 24.5 Å². The second-order valence-corrected chi connectivity index (χ2v) is 29.4. The number of nitrogens with zero attached hydrogens (tertiary/aromatic N) is 2. The van der Waals surface area contributed by atoms with Crippen molar-refractivity contribution in [2.75, 3.05) is 13.7 Å². The molecule has 2 saturated heterocycles. The van der Waals surface area contributed by atoms with Gasteiger partial charge in [-0.05, 0) is 47.4 Å². The van der Waals surface area contributed by atoms with Crippen molar-refractivity contribution in [2.45, 2.75) is 128 Å². The van der Waals surface area contributed by atoms with Crippen molar-refractivity contribution in [3.05, 3.63) is 126 Å². The third-order valence-electron chi connectivity index (χ3n) is 12.2. The van der Waals surface area contributed by atoms with Gasteiger partial charge in [-0.25, -0.2) is 14.2 Å². The minimum absolute atomic E-state index is 0.0576. The number of hydrogen-bond donors (Lipinski definition) is 2. The molecular weight excluding hydrogens is 848 g/mol. The summed E-state index contributed by atoms with van der Waals surface area (Å²) in [6, 6.07) is 20.1. The Morgan fingerprint density at radius 3 is 1.71 bits per heavy atom. The standard InChI is InChI=1S/C44H59N4O11PSi2/c1-29-26-47(41(51)45-39(29)49)37-24-34(36(57-37)28-55-61(10,11)43(3,4)5)58-60(53,54-9)23-22-33-35(25-38(56-33)48-27-30(2)40(50)46-42(48)52)59-62(44(6,7)8,31-18-14-12-15-19-31)32-20-16-13-17-21-32/h12-21,26-27,33-38H,24-25,28H2,1-11H3,(H,45,49,51)(H,46,50,52)/t33-,34+,35+,36-,37-,38-,60?/m1/s1. The van der Waals surface area contributed by atoms with Crippen molar-refractivity contribution in [1.29, 1.82) is 0 Å². The van der Waals surface area contributed by atoms with Gasteiger partial charge in [0, 0.05) is 49.1 Å². The number of ether oxygens (including phenoxy) is 2. The Morgan fingerprint density at radius 2 is 1.24 bits per heavy atom. The zero-order chi connectivity index (χ0) is 45.4. The molecule has 4 aromatic rings. The monoisotopic (exact) mass is 906 g/mol. The highest BCUT2D eigenvalue weighted by molar-refractivity contribution is 7.59. The van der Waals surface area contributed by atoms with Crippen molar-refractivity contribution < 1.29 is 31.9 Å². The Bertz CT molecular complexity index is 2550. The van der Waals surface area contributed by atoms with Gasteiger partial charge in [0.2, 0.25) is 0 Å². The molecule has 1 unspecified atom stereocenters. The predicted molar refractivity (Wildman–Crippen MR) is 242 cm³/mol. The topological polar surface area (TPSA) is 182 Å². The fourth-order valence-corrected chi connectivity index (χ4v) is 14.4. The van der Waals surface area contributed by atoms with Gasteiger partial charge in [0.15, 0.2) is 8.32 Å². The van der Waals surface area contributed by atoms with Crippen LogP contribution in [-0.2, 0) is 31.9 Å². The van der Waals surface area contributed by atoms with E-state index >= 15 is 0 Å². The van der Waals surface area contributed by atoms with E-state index in [9.17, 15) is 23.7 Å². The second-order valence-electron chi connectivity index (χ2n) is 18.5. The van der Waals surface area contributed by atoms with E-state index in [4.69, 9.17) is 27.4 Å². The molecule has 0 saturated carbocycles. The zero-order valence-corrected chi connectivity index (χ0v) is 40.2. The number of rotatable bonds is 12. The van der Waals surface area contributed by atoms with Crippen molar-refractivity contribution in [3.63, 3.8) is 0 Å². The fourth-order valence-electron chi connectivity index (χ4n) is 7.64. The summed E-state index contributed by atoms with van der Waals surface area (Å²) in [6.45, 7) is 20.2. The highest BCUT2D eigenvalue weighted by Crippen LogP contribution is 2.51. The average molecular weight is 907 g/mol. The summed E-state index contributed by atoms with van der Waals surface area (Å²) >= 11 is 0. The highest BCUT2D eigenvalue weighted by atomic mass is 31.2. The summed E-state index contributed by atoms with van der Waals surface area (Å²) in [4.78, 5) is 55.5. The first kappa shape index (κ1) is 47.3. The van der Waals surface area contributed by atoms with Crippen molar-refractivity contribution >= 4 is 34.6 Å². The molecule has 334 valence electrons. The van der Waals surface area contributed by atoms with E-state index in [2.05, 4.69) is 100 Å². The predicted octanol–water partition coefficient (Wildman–Crippen LogP) is 5.43. The summed E-state index contributed by atoms with van der Waals surface area (Å²) in [5, 5.41) is 1.45. The molecular formula is C44H59N4O11PSi2.